The molecule has 4 heteroatoms. The van der Waals surface area contributed by atoms with E-state index in [2.05, 4.69) is 25.2 Å². The number of amides is 1. The molecule has 0 aliphatic carbocycles. The van der Waals surface area contributed by atoms with Crippen molar-refractivity contribution in [2.24, 2.45) is 5.73 Å². The van der Waals surface area contributed by atoms with Gasteiger partial charge >= 0.3 is 0 Å². The number of carbonyl (C=O) groups excluding carboxylic acids is 1. The Morgan fingerprint density at radius 3 is 2.76 bits per heavy atom. The summed E-state index contributed by atoms with van der Waals surface area (Å²) >= 11 is 1.75. The van der Waals surface area contributed by atoms with Crippen LogP contribution < -0.4 is 11.1 Å². The molecule has 0 fully saturated rings. The van der Waals surface area contributed by atoms with E-state index in [0.717, 1.165) is 12.8 Å². The van der Waals surface area contributed by atoms with Gasteiger partial charge in [-0.1, -0.05) is 0 Å². The first kappa shape index (κ1) is 14.2. The minimum absolute atomic E-state index is 0.120. The van der Waals surface area contributed by atoms with E-state index in [1.54, 1.807) is 11.3 Å². The molecule has 1 amide bonds. The molecule has 3 nitrogen and oxygen atoms in total. The maximum atomic E-state index is 11.5. The number of rotatable bonds is 6. The van der Waals surface area contributed by atoms with E-state index < -0.39 is 0 Å². The van der Waals surface area contributed by atoms with E-state index in [4.69, 9.17) is 5.73 Å². The van der Waals surface area contributed by atoms with Crippen LogP contribution in [-0.4, -0.2) is 11.9 Å². The topological polar surface area (TPSA) is 55.1 Å². The highest BCUT2D eigenvalue weighted by molar-refractivity contribution is 7.12. The standard InChI is InChI=1S/C13H22N2OS/c1-9-7-12(17-11(9)3)8-15-13(16)6-4-5-10(2)14/h7,10H,4-6,8,14H2,1-3H3,(H,15,16). The average molecular weight is 254 g/mol. The first-order valence-electron chi connectivity index (χ1n) is 6.07. The maximum Gasteiger partial charge on any atom is 0.220 e. The van der Waals surface area contributed by atoms with Gasteiger partial charge in [-0.25, -0.2) is 0 Å². The van der Waals surface area contributed by atoms with Gasteiger partial charge < -0.3 is 11.1 Å². The number of hydrogen-bond donors (Lipinski definition) is 2. The SMILES string of the molecule is Cc1cc(CNC(=O)CCCC(C)N)sc1C. The minimum atomic E-state index is 0.120. The van der Waals surface area contributed by atoms with Gasteiger partial charge in [0.15, 0.2) is 0 Å². The van der Waals surface area contributed by atoms with Crippen molar-refractivity contribution in [1.29, 1.82) is 0 Å². The molecule has 17 heavy (non-hydrogen) atoms. The Kier molecular flexibility index (Phi) is 5.65. The molecule has 0 aliphatic heterocycles. The molecule has 0 radical (unpaired) electrons. The number of thiophene rings is 1. The average Bonchev–Trinajstić information content (AvgIpc) is 2.55. The third-order valence-electron chi connectivity index (χ3n) is 2.74. The fourth-order valence-electron chi connectivity index (χ4n) is 1.60. The molecule has 0 spiro atoms. The Labute approximate surface area is 107 Å². The predicted molar refractivity (Wildman–Crippen MR) is 73.1 cm³/mol. The van der Waals surface area contributed by atoms with Gasteiger partial charge in [0.05, 0.1) is 6.54 Å². The summed E-state index contributed by atoms with van der Waals surface area (Å²) < 4.78 is 0. The van der Waals surface area contributed by atoms with E-state index in [1.807, 2.05) is 6.92 Å². The van der Waals surface area contributed by atoms with Gasteiger partial charge in [-0.05, 0) is 45.2 Å². The van der Waals surface area contributed by atoms with Gasteiger partial charge in [0.2, 0.25) is 5.91 Å². The summed E-state index contributed by atoms with van der Waals surface area (Å²) in [5.41, 5.74) is 6.94. The second kappa shape index (κ2) is 6.77. The lowest BCUT2D eigenvalue weighted by Gasteiger charge is -2.05. The van der Waals surface area contributed by atoms with E-state index in [0.29, 0.717) is 13.0 Å². The number of hydrogen-bond acceptors (Lipinski definition) is 3. The second-order valence-electron chi connectivity index (χ2n) is 4.60. The van der Waals surface area contributed by atoms with Gasteiger partial charge in [0, 0.05) is 22.2 Å². The molecule has 0 saturated heterocycles. The maximum absolute atomic E-state index is 11.5. The molecule has 1 aromatic rings. The third kappa shape index (κ3) is 5.33. The molecule has 0 aromatic carbocycles. The van der Waals surface area contributed by atoms with Gasteiger partial charge in [0.25, 0.3) is 0 Å². The van der Waals surface area contributed by atoms with Crippen molar-refractivity contribution >= 4 is 17.2 Å². The molecule has 1 atom stereocenters. The van der Waals surface area contributed by atoms with Crippen LogP contribution in [0.4, 0.5) is 0 Å². The fraction of sp³-hybridized carbons (Fsp3) is 0.615. The Hall–Kier alpha value is -0.870. The second-order valence-corrected chi connectivity index (χ2v) is 5.94. The molecule has 0 aliphatic rings. The van der Waals surface area contributed by atoms with Crippen LogP contribution in [0.5, 0.6) is 0 Å². The van der Waals surface area contributed by atoms with Crippen LogP contribution in [0.3, 0.4) is 0 Å². The van der Waals surface area contributed by atoms with E-state index >= 15 is 0 Å². The Morgan fingerprint density at radius 1 is 1.53 bits per heavy atom. The molecule has 0 saturated carbocycles. The first-order valence-corrected chi connectivity index (χ1v) is 6.89. The normalized spacial score (nSPS) is 12.5. The van der Waals surface area contributed by atoms with Crippen molar-refractivity contribution < 1.29 is 4.79 Å². The predicted octanol–water partition coefficient (Wildman–Crippen LogP) is 2.50. The largest absolute Gasteiger partial charge is 0.351 e. The molecular formula is C13H22N2OS. The number of aryl methyl sites for hydroxylation is 2. The molecule has 1 aromatic heterocycles. The van der Waals surface area contributed by atoms with Crippen LogP contribution in [0, 0.1) is 13.8 Å². The van der Waals surface area contributed by atoms with Crippen LogP contribution in [0.1, 0.15) is 41.5 Å². The number of nitrogens with two attached hydrogens (primary N) is 1. The van der Waals surface area contributed by atoms with Crippen LogP contribution in [0.2, 0.25) is 0 Å². The summed E-state index contributed by atoms with van der Waals surface area (Å²) in [6.45, 7) is 6.82. The van der Waals surface area contributed by atoms with Crippen LogP contribution in [0.15, 0.2) is 6.07 Å². The van der Waals surface area contributed by atoms with Crippen LogP contribution in [0.25, 0.3) is 0 Å². The van der Waals surface area contributed by atoms with Crippen molar-refractivity contribution in [2.45, 2.75) is 52.6 Å². The first-order chi connectivity index (χ1) is 7.99. The lowest BCUT2D eigenvalue weighted by molar-refractivity contribution is -0.121. The summed E-state index contributed by atoms with van der Waals surface area (Å²) in [5, 5.41) is 2.94. The molecule has 1 rings (SSSR count). The van der Waals surface area contributed by atoms with Crippen molar-refractivity contribution in [3.63, 3.8) is 0 Å². The van der Waals surface area contributed by atoms with Crippen molar-refractivity contribution in [3.8, 4) is 0 Å². The monoisotopic (exact) mass is 254 g/mol. The third-order valence-corrected chi connectivity index (χ3v) is 3.89. The highest BCUT2D eigenvalue weighted by atomic mass is 32.1. The van der Waals surface area contributed by atoms with Gasteiger partial charge in [-0.15, -0.1) is 11.3 Å². The zero-order valence-electron chi connectivity index (χ0n) is 10.9. The zero-order chi connectivity index (χ0) is 12.8. The summed E-state index contributed by atoms with van der Waals surface area (Å²) in [6, 6.07) is 2.33. The lowest BCUT2D eigenvalue weighted by atomic mass is 10.1. The molecule has 1 heterocycles. The van der Waals surface area contributed by atoms with Gasteiger partial charge in [-0.3, -0.25) is 4.79 Å². The summed E-state index contributed by atoms with van der Waals surface area (Å²) in [6.07, 6.45) is 2.35. The molecule has 1 unspecified atom stereocenters. The lowest BCUT2D eigenvalue weighted by Crippen LogP contribution is -2.23. The molecular weight excluding hydrogens is 232 g/mol. The van der Waals surface area contributed by atoms with Crippen molar-refractivity contribution in [1.82, 2.24) is 5.32 Å². The molecule has 3 N–H and O–H groups in total. The fourth-order valence-corrected chi connectivity index (χ4v) is 2.59. The number of nitrogens with one attached hydrogen (secondary N) is 1. The summed E-state index contributed by atoms with van der Waals surface area (Å²) in [4.78, 5) is 14.1. The van der Waals surface area contributed by atoms with Crippen LogP contribution in [-0.2, 0) is 11.3 Å². The van der Waals surface area contributed by atoms with E-state index in [1.165, 1.54) is 15.3 Å². The smallest absolute Gasteiger partial charge is 0.220 e. The quantitative estimate of drug-likeness (QED) is 0.819. The molecule has 0 bridgehead atoms. The highest BCUT2D eigenvalue weighted by Gasteiger charge is 2.05. The Bertz CT molecular complexity index is 352. The van der Waals surface area contributed by atoms with E-state index in [-0.39, 0.29) is 11.9 Å². The van der Waals surface area contributed by atoms with Crippen molar-refractivity contribution in [2.75, 3.05) is 0 Å². The van der Waals surface area contributed by atoms with E-state index in [9.17, 15) is 4.79 Å². The molecule has 96 valence electrons. The van der Waals surface area contributed by atoms with Gasteiger partial charge in [-0.2, -0.15) is 0 Å². The summed E-state index contributed by atoms with van der Waals surface area (Å²) in [5.74, 6) is 0.120. The summed E-state index contributed by atoms with van der Waals surface area (Å²) in [7, 11) is 0. The number of carbonyl (C=O) groups is 1. The van der Waals surface area contributed by atoms with Crippen LogP contribution >= 0.6 is 11.3 Å². The van der Waals surface area contributed by atoms with Crippen molar-refractivity contribution in [3.05, 3.63) is 21.4 Å². The highest BCUT2D eigenvalue weighted by Crippen LogP contribution is 2.20. The zero-order valence-corrected chi connectivity index (χ0v) is 11.7. The van der Waals surface area contributed by atoms with Gasteiger partial charge in [0.1, 0.15) is 0 Å². The Balaban J connectivity index is 2.24. The minimum Gasteiger partial charge on any atom is -0.351 e. The Morgan fingerprint density at radius 2 is 2.24 bits per heavy atom.